The van der Waals surface area contributed by atoms with Crippen LogP contribution in [0.1, 0.15) is 19.8 Å². The molecule has 0 aromatic carbocycles. The van der Waals surface area contributed by atoms with E-state index in [9.17, 15) is 9.59 Å². The number of nitrogens with zero attached hydrogens (tertiary/aromatic N) is 2. The lowest BCUT2D eigenvalue weighted by atomic mass is 9.97. The highest BCUT2D eigenvalue weighted by Gasteiger charge is 2.29. The van der Waals surface area contributed by atoms with E-state index in [0.29, 0.717) is 25.9 Å². The summed E-state index contributed by atoms with van der Waals surface area (Å²) in [7, 11) is 3.44. The molecule has 0 radical (unpaired) electrons. The average Bonchev–Trinajstić information content (AvgIpc) is 2.37. The molecule has 2 amide bonds. The second kappa shape index (κ2) is 6.29. The van der Waals surface area contributed by atoms with E-state index in [-0.39, 0.29) is 17.9 Å². The molecule has 1 aliphatic rings. The van der Waals surface area contributed by atoms with Gasteiger partial charge >= 0.3 is 12.0 Å². The second-order valence-corrected chi connectivity index (χ2v) is 4.68. The largest absolute Gasteiger partial charge is 0.449 e. The summed E-state index contributed by atoms with van der Waals surface area (Å²) in [5, 5.41) is 0. The number of ether oxygens (including phenoxy) is 1. The molecule has 1 rings (SSSR count). The van der Waals surface area contributed by atoms with E-state index < -0.39 is 6.10 Å². The van der Waals surface area contributed by atoms with Crippen molar-refractivity contribution < 1.29 is 14.3 Å². The van der Waals surface area contributed by atoms with Crippen LogP contribution in [0.3, 0.4) is 0 Å². The maximum Gasteiger partial charge on any atom is 0.319 e. The summed E-state index contributed by atoms with van der Waals surface area (Å²) in [5.74, 6) is 1.96. The number of urea groups is 1. The Hall–Kier alpha value is -1.70. The Morgan fingerprint density at radius 3 is 2.39 bits per heavy atom. The van der Waals surface area contributed by atoms with Crippen LogP contribution in [0, 0.1) is 18.3 Å². The van der Waals surface area contributed by atoms with Gasteiger partial charge in [0.05, 0.1) is 5.92 Å². The van der Waals surface area contributed by atoms with Crippen LogP contribution >= 0.6 is 0 Å². The molecule has 1 atom stereocenters. The monoisotopic (exact) mass is 252 g/mol. The first-order chi connectivity index (χ1) is 8.45. The number of piperidine rings is 1. The van der Waals surface area contributed by atoms with E-state index in [2.05, 4.69) is 5.92 Å². The number of hydrogen-bond acceptors (Lipinski definition) is 3. The van der Waals surface area contributed by atoms with Crippen LogP contribution in [0.2, 0.25) is 0 Å². The lowest BCUT2D eigenvalue weighted by molar-refractivity contribution is -0.152. The molecule has 0 aromatic rings. The summed E-state index contributed by atoms with van der Waals surface area (Å²) in [6, 6.07) is -0.0150. The van der Waals surface area contributed by atoms with Crippen molar-refractivity contribution in [1.82, 2.24) is 9.80 Å². The maximum absolute atomic E-state index is 11.7. The fourth-order valence-corrected chi connectivity index (χ4v) is 1.89. The van der Waals surface area contributed by atoms with Gasteiger partial charge in [0.2, 0.25) is 0 Å². The minimum Gasteiger partial charge on any atom is -0.449 e. The topological polar surface area (TPSA) is 49.9 Å². The summed E-state index contributed by atoms with van der Waals surface area (Å²) >= 11 is 0. The van der Waals surface area contributed by atoms with Crippen molar-refractivity contribution in [2.24, 2.45) is 5.92 Å². The number of carbonyl (C=O) groups excluding carboxylic acids is 2. The van der Waals surface area contributed by atoms with Gasteiger partial charge in [-0.15, -0.1) is 6.42 Å². The second-order valence-electron chi connectivity index (χ2n) is 4.68. The van der Waals surface area contributed by atoms with Gasteiger partial charge in [-0.3, -0.25) is 4.79 Å². The predicted molar refractivity (Wildman–Crippen MR) is 67.8 cm³/mol. The highest BCUT2D eigenvalue weighted by Crippen LogP contribution is 2.19. The summed E-state index contributed by atoms with van der Waals surface area (Å²) in [5.41, 5.74) is 0. The third-order valence-electron chi connectivity index (χ3n) is 3.01. The molecular formula is C13H20N2O3. The summed E-state index contributed by atoms with van der Waals surface area (Å²) in [6.45, 7) is 2.84. The first-order valence-corrected chi connectivity index (χ1v) is 6.08. The predicted octanol–water partition coefficient (Wildman–Crippen LogP) is 0.945. The number of esters is 1. The summed E-state index contributed by atoms with van der Waals surface area (Å²) < 4.78 is 5.09. The summed E-state index contributed by atoms with van der Waals surface area (Å²) in [6.07, 6.45) is 5.94. The van der Waals surface area contributed by atoms with Gasteiger partial charge in [0.15, 0.2) is 6.10 Å². The minimum absolute atomic E-state index is 0.0150. The van der Waals surface area contributed by atoms with Gasteiger partial charge in [0.1, 0.15) is 0 Å². The maximum atomic E-state index is 11.7. The van der Waals surface area contributed by atoms with Crippen molar-refractivity contribution >= 4 is 12.0 Å². The van der Waals surface area contributed by atoms with Gasteiger partial charge in [0, 0.05) is 27.2 Å². The van der Waals surface area contributed by atoms with Crippen molar-refractivity contribution in [2.45, 2.75) is 25.9 Å². The molecule has 0 saturated carbocycles. The quantitative estimate of drug-likeness (QED) is 0.543. The third-order valence-corrected chi connectivity index (χ3v) is 3.01. The van der Waals surface area contributed by atoms with Crippen LogP contribution in [0.25, 0.3) is 0 Å². The van der Waals surface area contributed by atoms with Gasteiger partial charge in [-0.2, -0.15) is 0 Å². The molecular weight excluding hydrogens is 232 g/mol. The number of amides is 2. The van der Waals surface area contributed by atoms with Crippen LogP contribution in [-0.4, -0.2) is 55.1 Å². The fraction of sp³-hybridized carbons (Fsp3) is 0.692. The molecule has 1 fully saturated rings. The Bertz CT molecular complexity index is 352. The van der Waals surface area contributed by atoms with Crippen molar-refractivity contribution in [3.8, 4) is 12.3 Å². The van der Waals surface area contributed by atoms with Gasteiger partial charge in [-0.25, -0.2) is 4.79 Å². The highest BCUT2D eigenvalue weighted by atomic mass is 16.5. The van der Waals surface area contributed by atoms with E-state index in [1.807, 2.05) is 0 Å². The van der Waals surface area contributed by atoms with E-state index in [4.69, 9.17) is 11.2 Å². The van der Waals surface area contributed by atoms with Gasteiger partial charge in [0.25, 0.3) is 0 Å². The van der Waals surface area contributed by atoms with Gasteiger partial charge < -0.3 is 14.5 Å². The fourth-order valence-electron chi connectivity index (χ4n) is 1.89. The first kappa shape index (κ1) is 14.4. The van der Waals surface area contributed by atoms with Crippen LogP contribution in [0.4, 0.5) is 4.79 Å². The molecule has 5 heteroatoms. The molecule has 100 valence electrons. The van der Waals surface area contributed by atoms with Crippen molar-refractivity contribution in [3.05, 3.63) is 0 Å². The van der Waals surface area contributed by atoms with Gasteiger partial charge in [-0.05, 0) is 19.8 Å². The first-order valence-electron chi connectivity index (χ1n) is 6.08. The van der Waals surface area contributed by atoms with Crippen LogP contribution < -0.4 is 0 Å². The van der Waals surface area contributed by atoms with Crippen LogP contribution in [0.15, 0.2) is 0 Å². The van der Waals surface area contributed by atoms with Gasteiger partial charge in [-0.1, -0.05) is 5.92 Å². The molecule has 1 saturated heterocycles. The van der Waals surface area contributed by atoms with Crippen LogP contribution in [0.5, 0.6) is 0 Å². The van der Waals surface area contributed by atoms with Crippen molar-refractivity contribution in [1.29, 1.82) is 0 Å². The molecule has 18 heavy (non-hydrogen) atoms. The zero-order chi connectivity index (χ0) is 13.7. The zero-order valence-electron chi connectivity index (χ0n) is 11.2. The number of terminal acetylenes is 1. The van der Waals surface area contributed by atoms with E-state index >= 15 is 0 Å². The average molecular weight is 252 g/mol. The zero-order valence-corrected chi connectivity index (χ0v) is 11.2. The number of rotatable bonds is 2. The Kier molecular flexibility index (Phi) is 5.02. The van der Waals surface area contributed by atoms with E-state index in [0.717, 1.165) is 0 Å². The Morgan fingerprint density at radius 2 is 1.94 bits per heavy atom. The lowest BCUT2D eigenvalue weighted by Gasteiger charge is -2.32. The lowest BCUT2D eigenvalue weighted by Crippen LogP contribution is -2.45. The number of hydrogen-bond donors (Lipinski definition) is 0. The number of likely N-dealkylation sites (tertiary alicyclic amines) is 1. The van der Waals surface area contributed by atoms with E-state index in [1.165, 1.54) is 0 Å². The van der Waals surface area contributed by atoms with Crippen molar-refractivity contribution in [3.63, 3.8) is 0 Å². The standard InChI is InChI=1S/C13H20N2O3/c1-5-10(2)18-12(16)11-6-8-15(9-7-11)13(17)14(3)4/h1,10-11H,6-9H2,2-4H3/t10-/m0/s1. The number of carbonyl (C=O) groups is 2. The molecule has 0 aliphatic carbocycles. The summed E-state index contributed by atoms with van der Waals surface area (Å²) in [4.78, 5) is 26.7. The molecule has 5 nitrogen and oxygen atoms in total. The third kappa shape index (κ3) is 3.66. The SMILES string of the molecule is C#C[C@H](C)OC(=O)C1CCN(C(=O)N(C)C)CC1. The van der Waals surface area contributed by atoms with Crippen molar-refractivity contribution in [2.75, 3.05) is 27.2 Å². The molecule has 0 aromatic heterocycles. The molecule has 1 heterocycles. The molecule has 0 N–H and O–H groups in total. The molecule has 0 spiro atoms. The normalized spacial score (nSPS) is 17.8. The highest BCUT2D eigenvalue weighted by molar-refractivity contribution is 5.76. The Morgan fingerprint density at radius 1 is 1.39 bits per heavy atom. The molecule has 1 aliphatic heterocycles. The Balaban J connectivity index is 2.42. The molecule has 0 bridgehead atoms. The van der Waals surface area contributed by atoms with Crippen LogP contribution in [-0.2, 0) is 9.53 Å². The smallest absolute Gasteiger partial charge is 0.319 e. The molecule has 0 unspecified atom stereocenters. The van der Waals surface area contributed by atoms with E-state index in [1.54, 1.807) is 30.8 Å². The minimum atomic E-state index is -0.487. The Labute approximate surface area is 108 Å².